The van der Waals surface area contributed by atoms with E-state index in [2.05, 4.69) is 28.3 Å². The summed E-state index contributed by atoms with van der Waals surface area (Å²) in [7, 11) is -11.1. The normalized spacial score (nSPS) is 36.6. The van der Waals surface area contributed by atoms with Gasteiger partial charge in [-0.2, -0.15) is 9.29 Å². The van der Waals surface area contributed by atoms with Crippen LogP contribution in [-0.4, -0.2) is 122 Å². The van der Waals surface area contributed by atoms with Crippen LogP contribution in [0.3, 0.4) is 0 Å². The number of hydrogen-bond acceptors (Lipinski definition) is 17. The molecule has 4 rings (SSSR count). The first-order chi connectivity index (χ1) is 18.1. The summed E-state index contributed by atoms with van der Waals surface area (Å²) in [6.07, 6.45) is -15.0. The monoisotopic (exact) mass is 605 g/mol. The maximum atomic E-state index is 12.3. The fourth-order valence-electron chi connectivity index (χ4n) is 3.85. The number of phosphoric acid groups is 2. The highest BCUT2D eigenvalue weighted by atomic mass is 31.3. The highest BCUT2D eigenvalue weighted by Gasteiger charge is 2.49. The van der Waals surface area contributed by atoms with Gasteiger partial charge in [0.25, 0.3) is 5.56 Å². The van der Waals surface area contributed by atoms with E-state index in [4.69, 9.17) is 20.3 Å². The molecule has 0 aromatic carbocycles. The van der Waals surface area contributed by atoms with E-state index in [-0.39, 0.29) is 17.1 Å². The molecule has 2 aliphatic heterocycles. The van der Waals surface area contributed by atoms with Crippen LogP contribution in [0.5, 0.6) is 0 Å². The predicted molar refractivity (Wildman–Crippen MR) is 120 cm³/mol. The number of rotatable bonds is 9. The molecule has 0 aliphatic carbocycles. The SMILES string of the molecule is Nc1nc2c(ncn2[C@H]2O[C@@H](COP(=O)(O)OP(=O)(O)OC3O[C@@H](CO)[C@@H](O)[C@H](O)[C@@H]3O)[C@H](O)[C@@H]2O)c(=O)[nH]1. The molecule has 0 bridgehead atoms. The summed E-state index contributed by atoms with van der Waals surface area (Å²) in [6.45, 7) is -1.89. The fraction of sp³-hybridized carbons (Fsp3) is 0.688. The van der Waals surface area contributed by atoms with Crippen molar-refractivity contribution in [3.05, 3.63) is 16.7 Å². The highest BCUT2D eigenvalue weighted by Crippen LogP contribution is 2.61. The third kappa shape index (κ3) is 6.22. The Kier molecular flexibility index (Phi) is 8.60. The van der Waals surface area contributed by atoms with Crippen molar-refractivity contribution in [2.45, 2.75) is 55.2 Å². The zero-order chi connectivity index (χ0) is 28.9. The first kappa shape index (κ1) is 30.1. The number of H-pyrrole nitrogens is 1. The van der Waals surface area contributed by atoms with Crippen LogP contribution in [0.2, 0.25) is 0 Å². The van der Waals surface area contributed by atoms with Crippen molar-refractivity contribution in [2.24, 2.45) is 0 Å². The Balaban J connectivity index is 1.39. The fourth-order valence-corrected chi connectivity index (χ4v) is 6.01. The minimum Gasteiger partial charge on any atom is -0.394 e. The molecule has 11 atom stereocenters. The Labute approximate surface area is 216 Å². The molecule has 0 spiro atoms. The second kappa shape index (κ2) is 11.2. The van der Waals surface area contributed by atoms with Crippen molar-refractivity contribution in [1.82, 2.24) is 19.5 Å². The van der Waals surface area contributed by atoms with E-state index in [0.29, 0.717) is 0 Å². The Morgan fingerprint density at radius 1 is 1.00 bits per heavy atom. The number of nitrogens with zero attached hydrogens (tertiary/aromatic N) is 3. The summed E-state index contributed by atoms with van der Waals surface area (Å²) >= 11 is 0. The Hall–Kier alpha value is -1.91. The molecule has 0 amide bonds. The number of fused-ring (bicyclic) bond motifs is 1. The molecular weight excluding hydrogens is 580 g/mol. The van der Waals surface area contributed by atoms with E-state index >= 15 is 0 Å². The van der Waals surface area contributed by atoms with Gasteiger partial charge in [-0.25, -0.2) is 14.1 Å². The molecule has 220 valence electrons. The quantitative estimate of drug-likeness (QED) is 0.120. The molecule has 2 aromatic rings. The molecule has 23 heteroatoms. The van der Waals surface area contributed by atoms with Crippen molar-refractivity contribution >= 4 is 32.8 Å². The molecule has 2 fully saturated rings. The number of imidazole rings is 1. The van der Waals surface area contributed by atoms with Gasteiger partial charge in [0.2, 0.25) is 5.95 Å². The number of nitrogens with one attached hydrogen (secondary N) is 1. The predicted octanol–water partition coefficient (Wildman–Crippen LogP) is -4.63. The van der Waals surface area contributed by atoms with E-state index < -0.39 is 89.7 Å². The van der Waals surface area contributed by atoms with Crippen molar-refractivity contribution < 1.29 is 72.4 Å². The molecule has 0 radical (unpaired) electrons. The zero-order valence-corrected chi connectivity index (χ0v) is 21.1. The molecule has 11 N–H and O–H groups in total. The number of aromatic nitrogens is 4. The lowest BCUT2D eigenvalue weighted by atomic mass is 10.00. The standard InChI is InChI=1S/C16H25N5O16P2/c17-16-19-12-6(13(28)20-16)18-3-21(12)14-10(26)8(24)5(34-14)2-33-38(29,30)37-39(31,32)36-15-11(27)9(25)7(23)4(1-22)35-15/h3-5,7-11,14-15,22-27H,1-2H2,(H,29,30)(H,31,32)(H3,17,19,20,28)/t4-,5-,7+,8-,9-,10-,11-,14-,15?/m0/s1. The van der Waals surface area contributed by atoms with Gasteiger partial charge in [0.15, 0.2) is 23.7 Å². The van der Waals surface area contributed by atoms with E-state index in [1.165, 1.54) is 0 Å². The van der Waals surface area contributed by atoms with Crippen LogP contribution in [0.1, 0.15) is 6.23 Å². The molecule has 2 aliphatic rings. The zero-order valence-electron chi connectivity index (χ0n) is 19.3. The van der Waals surface area contributed by atoms with Crippen molar-refractivity contribution in [1.29, 1.82) is 0 Å². The second-order valence-electron chi connectivity index (χ2n) is 8.44. The van der Waals surface area contributed by atoms with Crippen LogP contribution < -0.4 is 11.3 Å². The van der Waals surface area contributed by atoms with Gasteiger partial charge in [-0.05, 0) is 0 Å². The average Bonchev–Trinajstić information content (AvgIpc) is 3.38. The number of nitrogens with two attached hydrogens (primary N) is 1. The summed E-state index contributed by atoms with van der Waals surface area (Å²) in [6, 6.07) is 0. The molecule has 39 heavy (non-hydrogen) atoms. The van der Waals surface area contributed by atoms with Gasteiger partial charge in [-0.1, -0.05) is 0 Å². The second-order valence-corrected chi connectivity index (χ2v) is 11.4. The number of aromatic amines is 1. The lowest BCUT2D eigenvalue weighted by molar-refractivity contribution is -0.280. The third-order valence-corrected chi connectivity index (χ3v) is 8.36. The van der Waals surface area contributed by atoms with E-state index in [1.807, 2.05) is 0 Å². The van der Waals surface area contributed by atoms with Crippen LogP contribution >= 0.6 is 15.6 Å². The van der Waals surface area contributed by atoms with Crippen LogP contribution in [0.4, 0.5) is 5.95 Å². The van der Waals surface area contributed by atoms with E-state index in [1.54, 1.807) is 0 Å². The number of aliphatic hydroxyl groups is 6. The van der Waals surface area contributed by atoms with Gasteiger partial charge < -0.3 is 55.6 Å². The summed E-state index contributed by atoms with van der Waals surface area (Å²) in [5, 5.41) is 59.2. The van der Waals surface area contributed by atoms with Gasteiger partial charge in [0.05, 0.1) is 19.5 Å². The van der Waals surface area contributed by atoms with Gasteiger partial charge in [-0.15, -0.1) is 0 Å². The van der Waals surface area contributed by atoms with Crippen LogP contribution in [0.25, 0.3) is 11.2 Å². The number of aliphatic hydroxyl groups excluding tert-OH is 6. The molecule has 2 saturated heterocycles. The van der Waals surface area contributed by atoms with Gasteiger partial charge in [-0.3, -0.25) is 23.4 Å². The Morgan fingerprint density at radius 2 is 1.67 bits per heavy atom. The minimum atomic E-state index is -5.60. The topological polar surface area (TPSA) is 332 Å². The van der Waals surface area contributed by atoms with Crippen molar-refractivity contribution in [3.63, 3.8) is 0 Å². The van der Waals surface area contributed by atoms with E-state index in [9.17, 15) is 49.2 Å². The summed E-state index contributed by atoms with van der Waals surface area (Å²) < 4.78 is 49.1. The first-order valence-electron chi connectivity index (χ1n) is 10.9. The maximum Gasteiger partial charge on any atom is 0.483 e. The molecule has 21 nitrogen and oxygen atoms in total. The highest BCUT2D eigenvalue weighted by molar-refractivity contribution is 7.61. The van der Waals surface area contributed by atoms with Crippen LogP contribution in [-0.2, 0) is 32.0 Å². The number of hydrogen-bond donors (Lipinski definition) is 10. The molecular formula is C16H25N5O16P2. The minimum absolute atomic E-state index is 0.114. The number of anilines is 1. The number of phosphoric ester groups is 2. The summed E-state index contributed by atoms with van der Waals surface area (Å²) in [4.78, 5) is 41.7. The number of ether oxygens (including phenoxy) is 2. The first-order valence-corrected chi connectivity index (χ1v) is 13.9. The maximum absolute atomic E-state index is 12.3. The lowest BCUT2D eigenvalue weighted by Gasteiger charge is -2.39. The van der Waals surface area contributed by atoms with Crippen LogP contribution in [0.15, 0.2) is 11.1 Å². The molecule has 2 aromatic heterocycles. The van der Waals surface area contributed by atoms with Gasteiger partial charge in [0.1, 0.15) is 42.7 Å². The lowest BCUT2D eigenvalue weighted by Crippen LogP contribution is -2.58. The largest absolute Gasteiger partial charge is 0.483 e. The smallest absolute Gasteiger partial charge is 0.394 e. The van der Waals surface area contributed by atoms with E-state index in [0.717, 1.165) is 10.9 Å². The van der Waals surface area contributed by atoms with Crippen LogP contribution in [0, 0.1) is 0 Å². The van der Waals surface area contributed by atoms with Gasteiger partial charge in [0, 0.05) is 0 Å². The molecule has 3 unspecified atom stereocenters. The summed E-state index contributed by atoms with van der Waals surface area (Å²) in [5.74, 6) is -0.278. The van der Waals surface area contributed by atoms with Crippen molar-refractivity contribution in [3.8, 4) is 0 Å². The average molecular weight is 605 g/mol. The van der Waals surface area contributed by atoms with Gasteiger partial charge >= 0.3 is 15.6 Å². The Bertz CT molecular complexity index is 1340. The molecule has 0 saturated carbocycles. The molecule has 4 heterocycles. The third-order valence-electron chi connectivity index (χ3n) is 5.76. The van der Waals surface area contributed by atoms with Crippen molar-refractivity contribution in [2.75, 3.05) is 18.9 Å². The summed E-state index contributed by atoms with van der Waals surface area (Å²) in [5.41, 5.74) is 4.54. The number of nitrogen functional groups attached to an aromatic ring is 1. The Morgan fingerprint density at radius 3 is 2.33 bits per heavy atom.